The first-order chi connectivity index (χ1) is 17.5. The van der Waals surface area contributed by atoms with Crippen LogP contribution in [0.1, 0.15) is 116 Å². The van der Waals surface area contributed by atoms with Gasteiger partial charge in [0.2, 0.25) is 17.7 Å². The summed E-state index contributed by atoms with van der Waals surface area (Å²) in [5, 5.41) is 19.9. The number of carboxylic acids is 1. The number of hydrogen-bond acceptors (Lipinski definition) is 5. The van der Waals surface area contributed by atoms with Crippen LogP contribution in [0.15, 0.2) is 0 Å². The Morgan fingerprint density at radius 2 is 0.972 bits per heavy atom. The molecule has 0 aromatic rings. The summed E-state index contributed by atoms with van der Waals surface area (Å²) < 4.78 is 0. The minimum atomic E-state index is -0.696. The van der Waals surface area contributed by atoms with Gasteiger partial charge in [-0.25, -0.2) is 0 Å². The third-order valence-electron chi connectivity index (χ3n) is 6.00. The summed E-state index contributed by atoms with van der Waals surface area (Å²) in [7, 11) is 0. The fourth-order valence-electron chi connectivity index (χ4n) is 3.90. The second-order valence-corrected chi connectivity index (χ2v) is 9.45. The number of rotatable bonds is 26. The molecule has 0 bridgehead atoms. The molecule has 3 amide bonds. The maximum absolute atomic E-state index is 11.9. The molecule has 210 valence electrons. The quantitative estimate of drug-likeness (QED) is 0.112. The van der Waals surface area contributed by atoms with Gasteiger partial charge in [0.1, 0.15) is 0 Å². The van der Waals surface area contributed by atoms with E-state index in [0.29, 0.717) is 32.5 Å². The van der Waals surface area contributed by atoms with Gasteiger partial charge in [-0.3, -0.25) is 19.2 Å². The van der Waals surface area contributed by atoms with Crippen molar-refractivity contribution in [1.29, 1.82) is 0 Å². The topological polar surface area (TPSA) is 137 Å². The van der Waals surface area contributed by atoms with Gasteiger partial charge in [-0.15, -0.1) is 0 Å². The number of hydrogen-bond donors (Lipinski definition) is 5. The molecule has 5 N–H and O–H groups in total. The first-order valence-corrected chi connectivity index (χ1v) is 14.2. The highest BCUT2D eigenvalue weighted by Crippen LogP contribution is 2.13. The molecule has 0 fully saturated rings. The van der Waals surface area contributed by atoms with Crippen molar-refractivity contribution >= 4 is 23.7 Å². The van der Waals surface area contributed by atoms with Gasteiger partial charge in [-0.05, 0) is 39.2 Å². The van der Waals surface area contributed by atoms with Gasteiger partial charge in [0, 0.05) is 25.9 Å². The van der Waals surface area contributed by atoms with E-state index in [9.17, 15) is 19.2 Å². The van der Waals surface area contributed by atoms with Crippen LogP contribution in [0.3, 0.4) is 0 Å². The molecule has 9 nitrogen and oxygen atoms in total. The number of amides is 3. The van der Waals surface area contributed by atoms with E-state index in [-0.39, 0.29) is 24.3 Å². The van der Waals surface area contributed by atoms with Gasteiger partial charge in [0.25, 0.3) is 0 Å². The van der Waals surface area contributed by atoms with Crippen molar-refractivity contribution in [3.8, 4) is 0 Å². The third-order valence-corrected chi connectivity index (χ3v) is 6.00. The molecule has 0 aromatic carbocycles. The second-order valence-electron chi connectivity index (χ2n) is 9.45. The summed E-state index contributed by atoms with van der Waals surface area (Å²) in [6.45, 7) is 4.28. The van der Waals surface area contributed by atoms with E-state index in [2.05, 4.69) is 21.3 Å². The maximum Gasteiger partial charge on any atom is 0.303 e. The molecule has 0 atom stereocenters. The molecule has 0 radical (unpaired) electrons. The highest BCUT2D eigenvalue weighted by atomic mass is 16.4. The average molecular weight is 513 g/mol. The van der Waals surface area contributed by atoms with Crippen molar-refractivity contribution in [3.05, 3.63) is 0 Å². The number of unbranched alkanes of at least 4 members (excludes halogenated alkanes) is 13. The maximum atomic E-state index is 11.9. The fourth-order valence-corrected chi connectivity index (χ4v) is 3.90. The molecule has 0 aromatic heterocycles. The molecule has 0 rings (SSSR count). The predicted molar refractivity (Wildman–Crippen MR) is 144 cm³/mol. The third kappa shape index (κ3) is 26.4. The van der Waals surface area contributed by atoms with Crippen molar-refractivity contribution in [3.63, 3.8) is 0 Å². The van der Waals surface area contributed by atoms with Crippen molar-refractivity contribution < 1.29 is 24.3 Å². The van der Waals surface area contributed by atoms with E-state index >= 15 is 0 Å². The lowest BCUT2D eigenvalue weighted by atomic mass is 10.0. The van der Waals surface area contributed by atoms with E-state index in [1.54, 1.807) is 0 Å². The Bertz CT molecular complexity index is 587. The molecule has 0 saturated carbocycles. The van der Waals surface area contributed by atoms with Crippen LogP contribution in [0.4, 0.5) is 0 Å². The first-order valence-electron chi connectivity index (χ1n) is 14.2. The SMILES string of the molecule is CCNC(=O)CNCCCCCNC(=O)CNC(=O)CCCCCCCCCCCCCCC(=O)O. The lowest BCUT2D eigenvalue weighted by Gasteiger charge is -2.08. The Morgan fingerprint density at radius 3 is 1.53 bits per heavy atom. The summed E-state index contributed by atoms with van der Waals surface area (Å²) in [6.07, 6.45) is 16.9. The summed E-state index contributed by atoms with van der Waals surface area (Å²) in [4.78, 5) is 45.4. The minimum absolute atomic E-state index is 0.00828. The highest BCUT2D eigenvalue weighted by Gasteiger charge is 2.05. The van der Waals surface area contributed by atoms with E-state index < -0.39 is 5.97 Å². The number of carboxylic acid groups (broad SMARTS) is 1. The van der Waals surface area contributed by atoms with Crippen LogP contribution in [-0.4, -0.2) is 61.5 Å². The second kappa shape index (κ2) is 25.9. The van der Waals surface area contributed by atoms with Gasteiger partial charge < -0.3 is 26.4 Å². The van der Waals surface area contributed by atoms with Gasteiger partial charge in [-0.2, -0.15) is 0 Å². The molecule has 0 spiro atoms. The smallest absolute Gasteiger partial charge is 0.303 e. The van der Waals surface area contributed by atoms with Gasteiger partial charge in [0.15, 0.2) is 0 Å². The van der Waals surface area contributed by atoms with E-state index in [0.717, 1.165) is 64.3 Å². The lowest BCUT2D eigenvalue weighted by Crippen LogP contribution is -2.37. The minimum Gasteiger partial charge on any atom is -0.481 e. The van der Waals surface area contributed by atoms with Crippen molar-refractivity contribution in [2.75, 3.05) is 32.7 Å². The fraction of sp³-hybridized carbons (Fsp3) is 0.852. The lowest BCUT2D eigenvalue weighted by molar-refractivity contribution is -0.137. The number of likely N-dealkylation sites (N-methyl/N-ethyl adjacent to an activating group) is 1. The van der Waals surface area contributed by atoms with E-state index in [1.807, 2.05) is 6.92 Å². The Morgan fingerprint density at radius 1 is 0.500 bits per heavy atom. The summed E-state index contributed by atoms with van der Waals surface area (Å²) in [5.74, 6) is -0.906. The molecule has 36 heavy (non-hydrogen) atoms. The van der Waals surface area contributed by atoms with Crippen LogP contribution in [-0.2, 0) is 19.2 Å². The Balaban J connectivity index is 3.34. The van der Waals surface area contributed by atoms with Crippen molar-refractivity contribution in [2.24, 2.45) is 0 Å². The summed E-state index contributed by atoms with van der Waals surface area (Å²) >= 11 is 0. The van der Waals surface area contributed by atoms with Crippen LogP contribution in [0, 0.1) is 0 Å². The van der Waals surface area contributed by atoms with E-state index in [4.69, 9.17) is 5.11 Å². The molecule has 0 aliphatic heterocycles. The highest BCUT2D eigenvalue weighted by molar-refractivity contribution is 5.84. The Hall–Kier alpha value is -2.16. The van der Waals surface area contributed by atoms with E-state index in [1.165, 1.54) is 38.5 Å². The van der Waals surface area contributed by atoms with Gasteiger partial charge in [0.05, 0.1) is 13.1 Å². The number of carbonyl (C=O) groups excluding carboxylic acids is 3. The predicted octanol–water partition coefficient (Wildman–Crippen LogP) is 3.66. The van der Waals surface area contributed by atoms with Crippen LogP contribution >= 0.6 is 0 Å². The van der Waals surface area contributed by atoms with Crippen LogP contribution < -0.4 is 21.3 Å². The summed E-state index contributed by atoms with van der Waals surface area (Å²) in [6, 6.07) is 0. The molecular weight excluding hydrogens is 460 g/mol. The molecular formula is C27H52N4O5. The molecule has 0 unspecified atom stereocenters. The van der Waals surface area contributed by atoms with Gasteiger partial charge in [-0.1, -0.05) is 70.6 Å². The normalized spacial score (nSPS) is 10.7. The number of nitrogens with one attached hydrogen (secondary N) is 4. The first kappa shape index (κ1) is 33.8. The average Bonchev–Trinajstić information content (AvgIpc) is 2.84. The Kier molecular flexibility index (Phi) is 24.4. The van der Waals surface area contributed by atoms with Crippen LogP contribution in [0.5, 0.6) is 0 Å². The van der Waals surface area contributed by atoms with Crippen LogP contribution in [0.2, 0.25) is 0 Å². The number of carbonyl (C=O) groups is 4. The summed E-state index contributed by atoms with van der Waals surface area (Å²) in [5.41, 5.74) is 0. The number of aliphatic carboxylic acids is 1. The molecule has 0 heterocycles. The molecule has 0 saturated heterocycles. The zero-order valence-electron chi connectivity index (χ0n) is 22.6. The van der Waals surface area contributed by atoms with Gasteiger partial charge >= 0.3 is 5.97 Å². The molecule has 9 heteroatoms. The zero-order chi connectivity index (χ0) is 26.7. The standard InChI is InChI=1S/C27H52N4O5/c1-2-29-25(33)22-28-20-16-13-17-21-30-26(34)23-31-24(32)18-14-11-9-7-5-3-4-6-8-10-12-15-19-27(35)36/h28H,2-23H2,1H3,(H,29,33)(H,30,34)(H,31,32)(H,35,36). The van der Waals surface area contributed by atoms with Crippen molar-refractivity contribution in [1.82, 2.24) is 21.3 Å². The van der Waals surface area contributed by atoms with Crippen LogP contribution in [0.25, 0.3) is 0 Å². The monoisotopic (exact) mass is 512 g/mol. The Labute approximate surface area is 218 Å². The zero-order valence-corrected chi connectivity index (χ0v) is 22.6. The largest absolute Gasteiger partial charge is 0.481 e. The molecule has 0 aliphatic rings. The van der Waals surface area contributed by atoms with Crippen molar-refractivity contribution in [2.45, 2.75) is 116 Å². The molecule has 0 aliphatic carbocycles.